The topological polar surface area (TPSA) is 44.9 Å². The first-order chi connectivity index (χ1) is 17.7. The Morgan fingerprint density at radius 3 is 2.14 bits per heavy atom. The Morgan fingerprint density at radius 2 is 1.39 bits per heavy atom. The second kappa shape index (κ2) is 9.30. The van der Waals surface area contributed by atoms with Crippen LogP contribution in [0.25, 0.3) is 43.6 Å². The van der Waals surface area contributed by atoms with Gasteiger partial charge in [0.15, 0.2) is 0 Å². The number of hydrogen-bond acceptors (Lipinski definition) is 3. The molecule has 0 aliphatic heterocycles. The number of benzene rings is 2. The second-order valence-electron chi connectivity index (χ2n) is 9.59. The van der Waals surface area contributed by atoms with Crippen LogP contribution in [0.2, 0.25) is 0 Å². The molecule has 0 unspecified atom stereocenters. The molecule has 0 spiro atoms. The highest BCUT2D eigenvalue weighted by molar-refractivity contribution is 6.09. The summed E-state index contributed by atoms with van der Waals surface area (Å²) in [6.45, 7) is 9.01. The molecule has 0 N–H and O–H groups in total. The molecule has 2 aromatic carbocycles. The van der Waals surface area contributed by atoms with E-state index in [-0.39, 0.29) is 0 Å². The van der Waals surface area contributed by atoms with Gasteiger partial charge >= 0.3 is 0 Å². The van der Waals surface area contributed by atoms with Crippen molar-refractivity contribution in [3.8, 4) is 5.75 Å². The summed E-state index contributed by atoms with van der Waals surface area (Å²) in [6, 6.07) is 19.4. The van der Waals surface area contributed by atoms with E-state index in [9.17, 15) is 0 Å². The zero-order valence-electron chi connectivity index (χ0n) is 21.3. The van der Waals surface area contributed by atoms with Gasteiger partial charge in [0.05, 0.1) is 34.5 Å². The Morgan fingerprint density at radius 1 is 0.694 bits per heavy atom. The summed E-state index contributed by atoms with van der Waals surface area (Å²) in [5, 5.41) is 5.14. The van der Waals surface area contributed by atoms with Gasteiger partial charge in [0.25, 0.3) is 0 Å². The van der Waals surface area contributed by atoms with Crippen LogP contribution in [0.1, 0.15) is 37.6 Å². The maximum Gasteiger partial charge on any atom is 0.121 e. The SMILES string of the molecule is CCn1c2cc(OCCCCCn3c4ccccc4c4ccnc(C)c43)ccc2c2ccnc(C)c21. The summed E-state index contributed by atoms with van der Waals surface area (Å²) in [5.74, 6) is 0.940. The first-order valence-corrected chi connectivity index (χ1v) is 13.0. The molecule has 6 rings (SSSR count). The van der Waals surface area contributed by atoms with Gasteiger partial charge in [-0.3, -0.25) is 9.97 Å². The average molecular weight is 477 g/mol. The number of aromatic nitrogens is 4. The maximum atomic E-state index is 6.19. The smallest absolute Gasteiger partial charge is 0.121 e. The van der Waals surface area contributed by atoms with Crippen LogP contribution in [-0.4, -0.2) is 25.7 Å². The van der Waals surface area contributed by atoms with Crippen molar-refractivity contribution in [2.75, 3.05) is 6.61 Å². The maximum absolute atomic E-state index is 6.19. The van der Waals surface area contributed by atoms with Gasteiger partial charge in [0.1, 0.15) is 5.75 Å². The number of rotatable bonds is 8. The van der Waals surface area contributed by atoms with Crippen LogP contribution in [0.15, 0.2) is 67.0 Å². The lowest BCUT2D eigenvalue weighted by atomic mass is 10.1. The molecule has 6 aromatic rings. The number of hydrogen-bond donors (Lipinski definition) is 0. The number of fused-ring (bicyclic) bond motifs is 6. The molecule has 5 heteroatoms. The molecule has 4 heterocycles. The van der Waals surface area contributed by atoms with E-state index in [0.717, 1.165) is 56.1 Å². The molecule has 4 aromatic heterocycles. The van der Waals surface area contributed by atoms with Crippen molar-refractivity contribution in [2.24, 2.45) is 0 Å². The lowest BCUT2D eigenvalue weighted by Gasteiger charge is -2.10. The summed E-state index contributed by atoms with van der Waals surface area (Å²) in [5.41, 5.74) is 7.17. The quantitative estimate of drug-likeness (QED) is 0.213. The minimum Gasteiger partial charge on any atom is -0.494 e. The average Bonchev–Trinajstić information content (AvgIpc) is 3.40. The van der Waals surface area contributed by atoms with Crippen LogP contribution in [-0.2, 0) is 13.1 Å². The molecule has 182 valence electrons. The Balaban J connectivity index is 1.12. The van der Waals surface area contributed by atoms with E-state index in [1.807, 2.05) is 12.4 Å². The van der Waals surface area contributed by atoms with E-state index in [0.29, 0.717) is 0 Å². The molecule has 0 amide bonds. The molecule has 0 bridgehead atoms. The van der Waals surface area contributed by atoms with Crippen molar-refractivity contribution in [3.63, 3.8) is 0 Å². The van der Waals surface area contributed by atoms with Gasteiger partial charge in [-0.15, -0.1) is 0 Å². The fourth-order valence-corrected chi connectivity index (χ4v) is 5.76. The van der Waals surface area contributed by atoms with E-state index in [2.05, 4.69) is 94.5 Å². The predicted molar refractivity (Wildman–Crippen MR) is 149 cm³/mol. The van der Waals surface area contributed by atoms with Gasteiger partial charge in [-0.25, -0.2) is 0 Å². The van der Waals surface area contributed by atoms with Crippen molar-refractivity contribution in [2.45, 2.75) is 53.1 Å². The lowest BCUT2D eigenvalue weighted by Crippen LogP contribution is -2.02. The minimum absolute atomic E-state index is 0.728. The first-order valence-electron chi connectivity index (χ1n) is 13.0. The Hall–Kier alpha value is -3.86. The summed E-state index contributed by atoms with van der Waals surface area (Å²) in [7, 11) is 0. The Labute approximate surface area is 211 Å². The number of pyridine rings is 2. The van der Waals surface area contributed by atoms with Gasteiger partial charge in [0.2, 0.25) is 0 Å². The molecular weight excluding hydrogens is 444 g/mol. The van der Waals surface area contributed by atoms with Crippen LogP contribution in [0.5, 0.6) is 5.75 Å². The second-order valence-corrected chi connectivity index (χ2v) is 9.59. The molecule has 0 aliphatic rings. The molecule has 36 heavy (non-hydrogen) atoms. The van der Waals surface area contributed by atoms with Gasteiger partial charge in [-0.05, 0) is 70.4 Å². The molecule has 0 saturated heterocycles. The fraction of sp³-hybridized carbons (Fsp3) is 0.290. The van der Waals surface area contributed by atoms with Crippen LogP contribution in [0.4, 0.5) is 0 Å². The zero-order valence-corrected chi connectivity index (χ0v) is 21.3. The summed E-state index contributed by atoms with van der Waals surface area (Å²) in [4.78, 5) is 9.07. The number of nitrogens with zero attached hydrogens (tertiary/aromatic N) is 4. The number of ether oxygens (including phenoxy) is 1. The van der Waals surface area contributed by atoms with E-state index in [1.54, 1.807) is 0 Å². The van der Waals surface area contributed by atoms with E-state index < -0.39 is 0 Å². The Bertz CT molecular complexity index is 1710. The van der Waals surface area contributed by atoms with Crippen LogP contribution in [0.3, 0.4) is 0 Å². The third kappa shape index (κ3) is 3.70. The highest BCUT2D eigenvalue weighted by Gasteiger charge is 2.14. The minimum atomic E-state index is 0.728. The van der Waals surface area contributed by atoms with Crippen molar-refractivity contribution in [1.29, 1.82) is 0 Å². The van der Waals surface area contributed by atoms with Crippen molar-refractivity contribution < 1.29 is 4.74 Å². The van der Waals surface area contributed by atoms with E-state index in [1.165, 1.54) is 43.6 Å². The first kappa shape index (κ1) is 22.6. The molecule has 0 fully saturated rings. The number of para-hydroxylation sites is 1. The monoisotopic (exact) mass is 476 g/mol. The van der Waals surface area contributed by atoms with Gasteiger partial charge in [0, 0.05) is 58.6 Å². The predicted octanol–water partition coefficient (Wildman–Crippen LogP) is 7.58. The Kier molecular flexibility index (Phi) is 5.84. The number of aryl methyl sites for hydroxylation is 4. The number of unbranched alkanes of at least 4 members (excludes halogenated alkanes) is 2. The largest absolute Gasteiger partial charge is 0.494 e. The molecule has 0 aliphatic carbocycles. The molecular formula is C31H32N4O. The lowest BCUT2D eigenvalue weighted by molar-refractivity contribution is 0.304. The van der Waals surface area contributed by atoms with Crippen LogP contribution in [0, 0.1) is 13.8 Å². The fourth-order valence-electron chi connectivity index (χ4n) is 5.76. The summed E-state index contributed by atoms with van der Waals surface area (Å²) < 4.78 is 11.0. The van der Waals surface area contributed by atoms with Crippen molar-refractivity contribution in [1.82, 2.24) is 19.1 Å². The van der Waals surface area contributed by atoms with E-state index in [4.69, 9.17) is 4.74 Å². The van der Waals surface area contributed by atoms with Crippen LogP contribution >= 0.6 is 0 Å². The summed E-state index contributed by atoms with van der Waals surface area (Å²) >= 11 is 0. The molecule has 0 radical (unpaired) electrons. The van der Waals surface area contributed by atoms with Gasteiger partial charge in [-0.1, -0.05) is 18.2 Å². The van der Waals surface area contributed by atoms with Gasteiger partial charge < -0.3 is 13.9 Å². The van der Waals surface area contributed by atoms with Crippen molar-refractivity contribution in [3.05, 3.63) is 78.4 Å². The van der Waals surface area contributed by atoms with Crippen LogP contribution < -0.4 is 4.74 Å². The van der Waals surface area contributed by atoms with Crippen molar-refractivity contribution >= 4 is 43.6 Å². The normalized spacial score (nSPS) is 11.9. The molecule has 5 nitrogen and oxygen atoms in total. The summed E-state index contributed by atoms with van der Waals surface area (Å²) in [6.07, 6.45) is 7.09. The zero-order chi connectivity index (χ0) is 24.6. The standard InChI is InChI=1S/C31H32N4O/c1-4-34-29-20-23(12-13-25(29)27-15-17-32-21(2)30(27)34)36-19-9-5-8-18-35-28-11-7-6-10-24(28)26-14-16-33-22(3)31(26)35/h6-7,10-17,20H,4-5,8-9,18-19H2,1-3H3. The third-order valence-corrected chi connectivity index (χ3v) is 7.40. The third-order valence-electron chi connectivity index (χ3n) is 7.40. The highest BCUT2D eigenvalue weighted by atomic mass is 16.5. The molecule has 0 saturated carbocycles. The van der Waals surface area contributed by atoms with E-state index >= 15 is 0 Å². The molecule has 0 atom stereocenters. The van der Waals surface area contributed by atoms with Gasteiger partial charge in [-0.2, -0.15) is 0 Å². The highest BCUT2D eigenvalue weighted by Crippen LogP contribution is 2.33.